The normalized spacial score (nSPS) is 9.27. The Kier molecular flexibility index (Phi) is 8.23. The predicted molar refractivity (Wildman–Crippen MR) is 47.1 cm³/mol. The number of nitrogens with zero attached hydrogens (tertiary/aromatic N) is 1. The quantitative estimate of drug-likeness (QED) is 0.261. The van der Waals surface area contributed by atoms with Gasteiger partial charge in [-0.15, -0.1) is 11.8 Å². The molecule has 0 saturated heterocycles. The highest BCUT2D eigenvalue weighted by atomic mass is 16.6. The third-order valence-electron chi connectivity index (χ3n) is 1.01. The minimum atomic E-state index is 0.854. The summed E-state index contributed by atoms with van der Waals surface area (Å²) in [5.41, 5.74) is 0. The predicted octanol–water partition coefficient (Wildman–Crippen LogP) is 2.02. The van der Waals surface area contributed by atoms with Gasteiger partial charge in [0.15, 0.2) is 0 Å². The van der Waals surface area contributed by atoms with Crippen molar-refractivity contribution >= 4 is 6.21 Å². The largest absolute Gasteiger partial charge is 0.399 e. The van der Waals surface area contributed by atoms with Crippen LogP contribution in [-0.4, -0.2) is 13.3 Å². The fraction of sp³-hybridized carbons (Fsp3) is 0.556. The van der Waals surface area contributed by atoms with Gasteiger partial charge in [-0.1, -0.05) is 12.1 Å². The van der Waals surface area contributed by atoms with E-state index in [0.29, 0.717) is 0 Å². The SMILES string of the molecule is [CH2]CCC#CCC/C=N\OC. The fourth-order valence-electron chi connectivity index (χ4n) is 0.529. The Hall–Kier alpha value is -0.970. The van der Waals surface area contributed by atoms with Crippen LogP contribution >= 0.6 is 0 Å². The molecule has 0 bridgehead atoms. The molecule has 0 aromatic rings. The van der Waals surface area contributed by atoms with Crippen molar-refractivity contribution in [2.24, 2.45) is 5.16 Å². The minimum Gasteiger partial charge on any atom is -0.399 e. The summed E-state index contributed by atoms with van der Waals surface area (Å²) in [6.45, 7) is 3.68. The van der Waals surface area contributed by atoms with Gasteiger partial charge in [-0.25, -0.2) is 0 Å². The summed E-state index contributed by atoms with van der Waals surface area (Å²) in [4.78, 5) is 4.48. The van der Waals surface area contributed by atoms with Crippen LogP contribution in [0.5, 0.6) is 0 Å². The molecule has 0 unspecified atom stereocenters. The van der Waals surface area contributed by atoms with Crippen molar-refractivity contribution in [2.75, 3.05) is 7.11 Å². The van der Waals surface area contributed by atoms with Gasteiger partial charge >= 0.3 is 0 Å². The Morgan fingerprint density at radius 1 is 1.45 bits per heavy atom. The molecule has 0 aromatic heterocycles. The van der Waals surface area contributed by atoms with Crippen molar-refractivity contribution in [3.05, 3.63) is 6.92 Å². The number of unbranched alkanes of at least 4 members (excludes halogenated alkanes) is 2. The van der Waals surface area contributed by atoms with E-state index in [9.17, 15) is 0 Å². The third kappa shape index (κ3) is 9.03. The van der Waals surface area contributed by atoms with Crippen LogP contribution in [0.3, 0.4) is 0 Å². The van der Waals surface area contributed by atoms with Crippen LogP contribution < -0.4 is 0 Å². The molecular weight excluding hydrogens is 138 g/mol. The maximum atomic E-state index is 4.48. The fourth-order valence-corrected chi connectivity index (χ4v) is 0.529. The molecule has 0 aliphatic heterocycles. The average Bonchev–Trinajstić information content (AvgIpc) is 2.03. The first kappa shape index (κ1) is 10.0. The highest BCUT2D eigenvalue weighted by Crippen LogP contribution is 1.85. The number of hydrogen-bond donors (Lipinski definition) is 0. The molecule has 0 aromatic carbocycles. The molecule has 0 heterocycles. The van der Waals surface area contributed by atoms with Gasteiger partial charge in [0.25, 0.3) is 0 Å². The molecule has 2 nitrogen and oxygen atoms in total. The summed E-state index contributed by atoms with van der Waals surface area (Å²) in [5.74, 6) is 6.01. The van der Waals surface area contributed by atoms with Gasteiger partial charge in [0.2, 0.25) is 0 Å². The van der Waals surface area contributed by atoms with Crippen molar-refractivity contribution < 1.29 is 4.84 Å². The molecule has 0 atom stereocenters. The molecule has 0 saturated carbocycles. The molecule has 0 amide bonds. The average molecular weight is 152 g/mol. The number of oxime groups is 1. The van der Waals surface area contributed by atoms with Crippen LogP contribution in [0, 0.1) is 18.8 Å². The van der Waals surface area contributed by atoms with E-state index < -0.39 is 0 Å². The monoisotopic (exact) mass is 152 g/mol. The van der Waals surface area contributed by atoms with E-state index in [2.05, 4.69) is 28.8 Å². The zero-order valence-electron chi connectivity index (χ0n) is 6.97. The maximum absolute atomic E-state index is 4.48. The van der Waals surface area contributed by atoms with Gasteiger partial charge < -0.3 is 4.84 Å². The van der Waals surface area contributed by atoms with Crippen LogP contribution in [0.15, 0.2) is 5.16 Å². The Balaban J connectivity index is 3.14. The van der Waals surface area contributed by atoms with E-state index in [1.807, 2.05) is 0 Å². The Morgan fingerprint density at radius 2 is 2.18 bits per heavy atom. The van der Waals surface area contributed by atoms with Crippen LogP contribution in [-0.2, 0) is 4.84 Å². The summed E-state index contributed by atoms with van der Waals surface area (Å²) in [6, 6.07) is 0. The number of rotatable bonds is 4. The summed E-state index contributed by atoms with van der Waals surface area (Å²) in [5, 5.41) is 3.58. The highest BCUT2D eigenvalue weighted by Gasteiger charge is 1.75. The minimum absolute atomic E-state index is 0.854. The van der Waals surface area contributed by atoms with Gasteiger partial charge in [-0.3, -0.25) is 0 Å². The summed E-state index contributed by atoms with van der Waals surface area (Å²) < 4.78 is 0. The van der Waals surface area contributed by atoms with E-state index in [-0.39, 0.29) is 0 Å². The smallest absolute Gasteiger partial charge is 0.106 e. The van der Waals surface area contributed by atoms with Crippen molar-refractivity contribution in [3.63, 3.8) is 0 Å². The molecule has 0 N–H and O–H groups in total. The second kappa shape index (κ2) is 9.03. The van der Waals surface area contributed by atoms with Crippen LogP contribution in [0.1, 0.15) is 25.7 Å². The second-order valence-electron chi connectivity index (χ2n) is 1.97. The standard InChI is InChI=1S/C9H14NO/c1-3-4-5-6-7-8-9-10-11-2/h9H,1,3-4,7-8H2,2H3/b10-9-. The second-order valence-corrected chi connectivity index (χ2v) is 1.97. The molecule has 0 aliphatic carbocycles. The topological polar surface area (TPSA) is 21.6 Å². The highest BCUT2D eigenvalue weighted by molar-refractivity contribution is 5.56. The van der Waals surface area contributed by atoms with E-state index in [0.717, 1.165) is 25.7 Å². The van der Waals surface area contributed by atoms with Gasteiger partial charge in [0.05, 0.1) is 0 Å². The van der Waals surface area contributed by atoms with Gasteiger partial charge in [-0.2, -0.15) is 0 Å². The molecule has 0 aliphatic rings. The lowest BCUT2D eigenvalue weighted by Gasteiger charge is -1.83. The molecule has 61 valence electrons. The lowest BCUT2D eigenvalue weighted by molar-refractivity contribution is 0.214. The zero-order valence-corrected chi connectivity index (χ0v) is 6.97. The maximum Gasteiger partial charge on any atom is 0.106 e. The van der Waals surface area contributed by atoms with Crippen LogP contribution in [0.2, 0.25) is 0 Å². The molecule has 0 spiro atoms. The molecule has 11 heavy (non-hydrogen) atoms. The summed E-state index contributed by atoms with van der Waals surface area (Å²) in [6.07, 6.45) is 5.21. The number of hydrogen-bond acceptors (Lipinski definition) is 2. The van der Waals surface area contributed by atoms with Gasteiger partial charge in [0, 0.05) is 19.1 Å². The van der Waals surface area contributed by atoms with E-state index >= 15 is 0 Å². The van der Waals surface area contributed by atoms with E-state index in [1.54, 1.807) is 6.21 Å². The van der Waals surface area contributed by atoms with Crippen molar-refractivity contribution in [1.82, 2.24) is 0 Å². The molecule has 1 radical (unpaired) electrons. The molecule has 0 rings (SSSR count). The van der Waals surface area contributed by atoms with Crippen LogP contribution in [0.4, 0.5) is 0 Å². The first-order chi connectivity index (χ1) is 5.41. The van der Waals surface area contributed by atoms with Crippen molar-refractivity contribution in [2.45, 2.75) is 25.7 Å². The summed E-state index contributed by atoms with van der Waals surface area (Å²) >= 11 is 0. The Morgan fingerprint density at radius 3 is 2.82 bits per heavy atom. The lowest BCUT2D eigenvalue weighted by atomic mass is 10.3. The first-order valence-electron chi connectivity index (χ1n) is 3.71. The van der Waals surface area contributed by atoms with Gasteiger partial charge in [-0.05, 0) is 12.8 Å². The molecule has 0 fully saturated rings. The molecular formula is C9H14NO. The van der Waals surface area contributed by atoms with Crippen molar-refractivity contribution in [3.8, 4) is 11.8 Å². The van der Waals surface area contributed by atoms with E-state index in [1.165, 1.54) is 7.11 Å². The Labute approximate surface area is 68.6 Å². The zero-order chi connectivity index (χ0) is 8.36. The first-order valence-corrected chi connectivity index (χ1v) is 3.71. The van der Waals surface area contributed by atoms with Crippen molar-refractivity contribution in [1.29, 1.82) is 0 Å². The molecule has 2 heteroatoms. The third-order valence-corrected chi connectivity index (χ3v) is 1.01. The lowest BCUT2D eigenvalue weighted by Crippen LogP contribution is -1.75. The van der Waals surface area contributed by atoms with Gasteiger partial charge in [0.1, 0.15) is 7.11 Å². The van der Waals surface area contributed by atoms with Crippen LogP contribution in [0.25, 0.3) is 0 Å². The Bertz CT molecular complexity index is 153. The van der Waals surface area contributed by atoms with E-state index in [4.69, 9.17) is 0 Å². The summed E-state index contributed by atoms with van der Waals surface area (Å²) in [7, 11) is 1.53.